The van der Waals surface area contributed by atoms with Crippen LogP contribution in [0.3, 0.4) is 0 Å². The van der Waals surface area contributed by atoms with Crippen LogP contribution in [-0.4, -0.2) is 38.4 Å². The first-order valence-corrected chi connectivity index (χ1v) is 5.73. The van der Waals surface area contributed by atoms with Gasteiger partial charge in [0.05, 0.1) is 7.11 Å². The summed E-state index contributed by atoms with van der Waals surface area (Å²) in [4.78, 5) is 10.7. The highest BCUT2D eigenvalue weighted by Gasteiger charge is 2.15. The van der Waals surface area contributed by atoms with Crippen LogP contribution >= 0.6 is 15.9 Å². The average molecular weight is 313 g/mol. The summed E-state index contributed by atoms with van der Waals surface area (Å²) in [6.07, 6.45) is 0. The molecule has 0 radical (unpaired) electrons. The Labute approximate surface area is 111 Å². The highest BCUT2D eigenvalue weighted by atomic mass is 79.9. The summed E-state index contributed by atoms with van der Waals surface area (Å²) in [5.74, 6) is -0.0104. The van der Waals surface area contributed by atoms with Gasteiger partial charge >= 0.3 is 5.97 Å². The Balaban J connectivity index is 2.48. The molecule has 0 bridgehead atoms. The first-order chi connectivity index (χ1) is 8.61. The minimum absolute atomic E-state index is 0.300. The maximum absolute atomic E-state index is 10.7. The van der Waals surface area contributed by atoms with E-state index in [1.165, 1.54) is 4.68 Å². The fraction of sp³-hybridized carbons (Fsp3) is 0.200. The maximum Gasteiger partial charge on any atom is 0.325 e. The highest BCUT2D eigenvalue weighted by Crippen LogP contribution is 2.29. The number of hydrogen-bond acceptors (Lipinski definition) is 5. The zero-order valence-corrected chi connectivity index (χ0v) is 11.0. The molecule has 0 aliphatic carbocycles. The molecule has 1 N–H and O–H groups in total. The van der Waals surface area contributed by atoms with Crippen LogP contribution in [0.4, 0.5) is 0 Å². The Morgan fingerprint density at radius 1 is 1.56 bits per heavy atom. The van der Waals surface area contributed by atoms with E-state index in [0.717, 1.165) is 4.47 Å². The molecule has 0 unspecified atom stereocenters. The molecule has 0 atom stereocenters. The van der Waals surface area contributed by atoms with Gasteiger partial charge < -0.3 is 9.84 Å². The number of carboxylic acids is 1. The lowest BCUT2D eigenvalue weighted by Gasteiger charge is -2.06. The van der Waals surface area contributed by atoms with Crippen LogP contribution in [0.1, 0.15) is 0 Å². The Morgan fingerprint density at radius 2 is 2.33 bits per heavy atom. The lowest BCUT2D eigenvalue weighted by Crippen LogP contribution is -2.11. The summed E-state index contributed by atoms with van der Waals surface area (Å²) < 4.78 is 7.08. The van der Waals surface area contributed by atoms with Gasteiger partial charge in [-0.15, -0.1) is 5.10 Å². The summed E-state index contributed by atoms with van der Waals surface area (Å²) in [5, 5.41) is 19.7. The van der Waals surface area contributed by atoms with Gasteiger partial charge in [-0.05, 0) is 28.6 Å². The van der Waals surface area contributed by atoms with Gasteiger partial charge in [0, 0.05) is 10.0 Å². The SMILES string of the molecule is COc1ccc(Br)c(-c2nnnn2CC(=O)O)c1. The maximum atomic E-state index is 10.7. The Kier molecular flexibility index (Phi) is 3.56. The van der Waals surface area contributed by atoms with Crippen LogP contribution in [-0.2, 0) is 11.3 Å². The van der Waals surface area contributed by atoms with Crippen molar-refractivity contribution in [3.8, 4) is 17.1 Å². The number of halogens is 1. The van der Waals surface area contributed by atoms with Gasteiger partial charge in [-0.3, -0.25) is 4.79 Å². The number of ether oxygens (including phenoxy) is 1. The quantitative estimate of drug-likeness (QED) is 0.912. The van der Waals surface area contributed by atoms with E-state index in [2.05, 4.69) is 31.5 Å². The second-order valence-corrected chi connectivity index (χ2v) is 4.25. The van der Waals surface area contributed by atoms with Crippen LogP contribution in [0.15, 0.2) is 22.7 Å². The van der Waals surface area contributed by atoms with Crippen molar-refractivity contribution in [2.45, 2.75) is 6.54 Å². The van der Waals surface area contributed by atoms with Crippen molar-refractivity contribution < 1.29 is 14.6 Å². The van der Waals surface area contributed by atoms with Crippen molar-refractivity contribution in [2.75, 3.05) is 7.11 Å². The molecular formula is C10H9BrN4O3. The molecule has 0 saturated carbocycles. The number of carboxylic acid groups (broad SMARTS) is 1. The fourth-order valence-electron chi connectivity index (χ4n) is 1.43. The van der Waals surface area contributed by atoms with Gasteiger partial charge in [0.15, 0.2) is 5.82 Å². The molecule has 7 nitrogen and oxygen atoms in total. The molecule has 0 fully saturated rings. The molecule has 0 aliphatic rings. The Bertz CT molecular complexity index is 584. The Morgan fingerprint density at radius 3 is 3.00 bits per heavy atom. The molecule has 2 rings (SSSR count). The summed E-state index contributed by atoms with van der Waals surface area (Å²) in [7, 11) is 1.55. The second-order valence-electron chi connectivity index (χ2n) is 3.40. The van der Waals surface area contributed by atoms with Crippen molar-refractivity contribution in [3.05, 3.63) is 22.7 Å². The van der Waals surface area contributed by atoms with E-state index in [1.54, 1.807) is 25.3 Å². The summed E-state index contributed by atoms with van der Waals surface area (Å²) in [5.41, 5.74) is 0.667. The van der Waals surface area contributed by atoms with Crippen LogP contribution in [0, 0.1) is 0 Å². The number of aromatic nitrogens is 4. The summed E-state index contributed by atoms with van der Waals surface area (Å²) >= 11 is 3.37. The highest BCUT2D eigenvalue weighted by molar-refractivity contribution is 9.10. The number of carbonyl (C=O) groups is 1. The van der Waals surface area contributed by atoms with Crippen molar-refractivity contribution in [1.29, 1.82) is 0 Å². The molecule has 0 amide bonds. The third-order valence-corrected chi connectivity index (χ3v) is 2.92. The van der Waals surface area contributed by atoms with Gasteiger partial charge in [-0.2, -0.15) is 0 Å². The number of hydrogen-bond donors (Lipinski definition) is 1. The first kappa shape index (κ1) is 12.5. The predicted octanol–water partition coefficient (Wildman–Crippen LogP) is 1.20. The number of aliphatic carboxylic acids is 1. The standard InChI is InChI=1S/C10H9BrN4O3/c1-18-6-2-3-8(11)7(4-6)10-12-13-14-15(10)5-9(16)17/h2-4H,5H2,1H3,(H,16,17). The monoisotopic (exact) mass is 312 g/mol. The number of tetrazole rings is 1. The van der Waals surface area contributed by atoms with E-state index in [0.29, 0.717) is 17.1 Å². The molecule has 94 valence electrons. The number of methoxy groups -OCH3 is 1. The van der Waals surface area contributed by atoms with Crippen molar-refractivity contribution >= 4 is 21.9 Å². The Hall–Kier alpha value is -1.96. The summed E-state index contributed by atoms with van der Waals surface area (Å²) in [6, 6.07) is 5.29. The first-order valence-electron chi connectivity index (χ1n) is 4.93. The summed E-state index contributed by atoms with van der Waals surface area (Å²) in [6.45, 7) is -0.300. The van der Waals surface area contributed by atoms with Gasteiger partial charge in [-0.25, -0.2) is 4.68 Å². The van der Waals surface area contributed by atoms with E-state index >= 15 is 0 Å². The average Bonchev–Trinajstić information content (AvgIpc) is 2.77. The number of benzene rings is 1. The topological polar surface area (TPSA) is 90.1 Å². The molecule has 0 saturated heterocycles. The number of nitrogens with zero attached hydrogens (tertiary/aromatic N) is 4. The normalized spacial score (nSPS) is 10.3. The van der Waals surface area contributed by atoms with E-state index in [1.807, 2.05) is 0 Å². The molecule has 1 aromatic heterocycles. The second kappa shape index (κ2) is 5.13. The van der Waals surface area contributed by atoms with Crippen LogP contribution < -0.4 is 4.74 Å². The zero-order valence-electron chi connectivity index (χ0n) is 9.37. The van der Waals surface area contributed by atoms with Crippen LogP contribution in [0.5, 0.6) is 5.75 Å². The van der Waals surface area contributed by atoms with Crippen LogP contribution in [0.2, 0.25) is 0 Å². The van der Waals surface area contributed by atoms with Crippen molar-refractivity contribution in [1.82, 2.24) is 20.2 Å². The third kappa shape index (κ3) is 2.48. The molecule has 1 aromatic carbocycles. The van der Waals surface area contributed by atoms with Crippen molar-refractivity contribution in [3.63, 3.8) is 0 Å². The number of rotatable bonds is 4. The lowest BCUT2D eigenvalue weighted by atomic mass is 10.2. The molecule has 2 aromatic rings. The molecule has 8 heteroatoms. The predicted molar refractivity (Wildman–Crippen MR) is 65.1 cm³/mol. The van der Waals surface area contributed by atoms with Crippen LogP contribution in [0.25, 0.3) is 11.4 Å². The largest absolute Gasteiger partial charge is 0.497 e. The molecular weight excluding hydrogens is 304 g/mol. The van der Waals surface area contributed by atoms with Gasteiger partial charge in [-0.1, -0.05) is 15.9 Å². The minimum Gasteiger partial charge on any atom is -0.497 e. The zero-order chi connectivity index (χ0) is 13.1. The van der Waals surface area contributed by atoms with E-state index in [4.69, 9.17) is 9.84 Å². The van der Waals surface area contributed by atoms with Gasteiger partial charge in [0.2, 0.25) is 0 Å². The van der Waals surface area contributed by atoms with E-state index in [9.17, 15) is 4.79 Å². The lowest BCUT2D eigenvalue weighted by molar-refractivity contribution is -0.137. The van der Waals surface area contributed by atoms with Gasteiger partial charge in [0.1, 0.15) is 12.3 Å². The van der Waals surface area contributed by atoms with Gasteiger partial charge in [0.25, 0.3) is 0 Å². The minimum atomic E-state index is -1.01. The van der Waals surface area contributed by atoms with E-state index in [-0.39, 0.29) is 6.54 Å². The van der Waals surface area contributed by atoms with E-state index < -0.39 is 5.97 Å². The molecule has 0 spiro atoms. The molecule has 1 heterocycles. The molecule has 0 aliphatic heterocycles. The molecule has 18 heavy (non-hydrogen) atoms. The third-order valence-electron chi connectivity index (χ3n) is 2.23. The smallest absolute Gasteiger partial charge is 0.325 e. The fourth-order valence-corrected chi connectivity index (χ4v) is 1.86. The van der Waals surface area contributed by atoms with Crippen molar-refractivity contribution in [2.24, 2.45) is 0 Å².